The number of aromatic nitrogens is 2. The van der Waals surface area contributed by atoms with E-state index in [9.17, 15) is 29.3 Å². The zero-order valence-corrected chi connectivity index (χ0v) is 18.4. The van der Waals surface area contributed by atoms with Crippen LogP contribution in [-0.4, -0.2) is 73.6 Å². The fourth-order valence-electron chi connectivity index (χ4n) is 2.20. The summed E-state index contributed by atoms with van der Waals surface area (Å²) in [6, 6.07) is 3.85. The van der Waals surface area contributed by atoms with Crippen molar-refractivity contribution < 1.29 is 38.9 Å². The van der Waals surface area contributed by atoms with Crippen LogP contribution in [-0.2, 0) is 19.2 Å². The lowest BCUT2D eigenvalue weighted by Crippen LogP contribution is -2.49. The van der Waals surface area contributed by atoms with E-state index in [2.05, 4.69) is 38.2 Å². The van der Waals surface area contributed by atoms with Crippen LogP contribution >= 0.6 is 12.6 Å². The number of carbonyl (C=O) groups excluding carboxylic acids is 2. The number of carboxylic acids is 2. The number of hydrogen-bond acceptors (Lipinski definition) is 11. The van der Waals surface area contributed by atoms with Gasteiger partial charge in [0.25, 0.3) is 5.69 Å². The van der Waals surface area contributed by atoms with Crippen LogP contribution in [0.1, 0.15) is 12.8 Å². The molecule has 1 heterocycles. The highest BCUT2D eigenvalue weighted by Gasteiger charge is 2.21. The van der Waals surface area contributed by atoms with Gasteiger partial charge in [-0.2, -0.15) is 12.6 Å². The fraction of sp³-hybridized carbons (Fsp3) is 0.333. The first-order chi connectivity index (χ1) is 16.0. The number of carboxylic acid groups (broad SMARTS) is 2. The van der Waals surface area contributed by atoms with Gasteiger partial charge >= 0.3 is 11.9 Å². The van der Waals surface area contributed by atoms with Gasteiger partial charge in [0.15, 0.2) is 0 Å². The van der Waals surface area contributed by atoms with Crippen molar-refractivity contribution >= 4 is 42.1 Å². The van der Waals surface area contributed by atoms with Crippen molar-refractivity contribution in [1.29, 1.82) is 0 Å². The molecule has 2 amide bonds. The third kappa shape index (κ3) is 10.0. The van der Waals surface area contributed by atoms with E-state index in [0.717, 1.165) is 5.56 Å². The smallest absolute Gasteiger partial charge is 0.322 e. The minimum absolute atomic E-state index is 0.0256. The van der Waals surface area contributed by atoms with E-state index < -0.39 is 47.3 Å². The highest BCUT2D eigenvalue weighted by molar-refractivity contribution is 7.80. The first kappa shape index (κ1) is 28.0. The van der Waals surface area contributed by atoms with Gasteiger partial charge in [-0.15, -0.1) is 0 Å². The summed E-state index contributed by atoms with van der Waals surface area (Å²) in [5.74, 6) is -3.70. The number of carbonyl (C=O) groups is 4. The Morgan fingerprint density at radius 2 is 1.85 bits per heavy atom. The maximum absolute atomic E-state index is 11.5. The second-order valence-electron chi connectivity index (χ2n) is 6.49. The molecule has 0 saturated carbocycles. The Labute approximate surface area is 197 Å². The van der Waals surface area contributed by atoms with Crippen molar-refractivity contribution in [2.45, 2.75) is 24.9 Å². The Bertz CT molecular complexity index is 984. The number of nitrogens with one attached hydrogen (secondary N) is 2. The SMILES string of the molecule is NC(CCC(=O)NC(CS)C(=O)NCC(=O)O)C(=O)O.O=[N+]([O-])c1ccc(-c2cnon2)cc1. The number of non-ortho nitro benzene ring substituents is 1. The summed E-state index contributed by atoms with van der Waals surface area (Å²) in [4.78, 5) is 53.6. The first-order valence-electron chi connectivity index (χ1n) is 9.45. The Morgan fingerprint density at radius 3 is 2.32 bits per heavy atom. The van der Waals surface area contributed by atoms with Crippen LogP contribution in [0.3, 0.4) is 0 Å². The van der Waals surface area contributed by atoms with Gasteiger partial charge in [0.2, 0.25) is 11.8 Å². The average molecular weight is 498 g/mol. The summed E-state index contributed by atoms with van der Waals surface area (Å²) in [5.41, 5.74) is 6.56. The van der Waals surface area contributed by atoms with Crippen LogP contribution in [0.2, 0.25) is 0 Å². The molecular weight excluding hydrogens is 476 g/mol. The van der Waals surface area contributed by atoms with E-state index in [-0.39, 0.29) is 24.3 Å². The van der Waals surface area contributed by atoms with Crippen molar-refractivity contribution in [2.75, 3.05) is 12.3 Å². The summed E-state index contributed by atoms with van der Waals surface area (Å²) >= 11 is 3.87. The van der Waals surface area contributed by atoms with E-state index in [1.54, 1.807) is 12.1 Å². The Morgan fingerprint density at radius 1 is 1.21 bits per heavy atom. The number of rotatable bonds is 11. The Kier molecular flexibility index (Phi) is 11.7. The van der Waals surface area contributed by atoms with Crippen LogP contribution in [0, 0.1) is 10.1 Å². The molecule has 0 saturated heterocycles. The van der Waals surface area contributed by atoms with Crippen molar-refractivity contribution in [1.82, 2.24) is 20.9 Å². The predicted octanol–water partition coefficient (Wildman–Crippen LogP) is -0.561. The van der Waals surface area contributed by atoms with E-state index in [1.165, 1.54) is 18.3 Å². The molecule has 34 heavy (non-hydrogen) atoms. The average Bonchev–Trinajstić information content (AvgIpc) is 3.34. The molecule has 6 N–H and O–H groups in total. The lowest BCUT2D eigenvalue weighted by molar-refractivity contribution is -0.384. The minimum Gasteiger partial charge on any atom is -0.480 e. The maximum Gasteiger partial charge on any atom is 0.322 e. The Balaban J connectivity index is 0.000000358. The van der Waals surface area contributed by atoms with Gasteiger partial charge in [-0.1, -0.05) is 5.16 Å². The molecular formula is C18H22N6O9S. The van der Waals surface area contributed by atoms with E-state index in [1.807, 2.05) is 0 Å². The number of nitrogens with two attached hydrogens (primary N) is 1. The lowest BCUT2D eigenvalue weighted by atomic mass is 10.1. The quantitative estimate of drug-likeness (QED) is 0.130. The topological polar surface area (TPSA) is 241 Å². The number of nitrogens with zero attached hydrogens (tertiary/aromatic N) is 3. The van der Waals surface area contributed by atoms with Gasteiger partial charge in [0, 0.05) is 29.9 Å². The number of nitro groups is 1. The molecule has 15 nitrogen and oxygen atoms in total. The maximum atomic E-state index is 11.5. The van der Waals surface area contributed by atoms with Gasteiger partial charge in [-0.3, -0.25) is 29.3 Å². The first-order valence-corrected chi connectivity index (χ1v) is 10.1. The van der Waals surface area contributed by atoms with Crippen LogP contribution in [0.25, 0.3) is 11.3 Å². The molecule has 0 radical (unpaired) electrons. The van der Waals surface area contributed by atoms with E-state index in [0.29, 0.717) is 5.69 Å². The Hall–Kier alpha value is -4.05. The number of amides is 2. The predicted molar refractivity (Wildman–Crippen MR) is 118 cm³/mol. The molecule has 0 spiro atoms. The third-order valence-electron chi connectivity index (χ3n) is 3.98. The van der Waals surface area contributed by atoms with Gasteiger partial charge < -0.3 is 26.6 Å². The van der Waals surface area contributed by atoms with Gasteiger partial charge in [0.05, 0.1) is 11.1 Å². The molecule has 0 bridgehead atoms. The summed E-state index contributed by atoms with van der Waals surface area (Å²) in [5, 5.41) is 38.8. The summed E-state index contributed by atoms with van der Waals surface area (Å²) in [7, 11) is 0. The highest BCUT2D eigenvalue weighted by atomic mass is 32.1. The molecule has 0 aliphatic rings. The monoisotopic (exact) mass is 498 g/mol. The van der Waals surface area contributed by atoms with Gasteiger partial charge in [-0.05, 0) is 23.7 Å². The molecule has 2 atom stereocenters. The molecule has 0 fully saturated rings. The molecule has 184 valence electrons. The highest BCUT2D eigenvalue weighted by Crippen LogP contribution is 2.19. The van der Waals surface area contributed by atoms with Crippen molar-refractivity contribution in [2.24, 2.45) is 5.73 Å². The van der Waals surface area contributed by atoms with Crippen LogP contribution < -0.4 is 16.4 Å². The van der Waals surface area contributed by atoms with Gasteiger partial charge in [-0.25, -0.2) is 4.63 Å². The molecule has 0 aliphatic carbocycles. The summed E-state index contributed by atoms with van der Waals surface area (Å²) in [6.45, 7) is -0.567. The van der Waals surface area contributed by atoms with Crippen molar-refractivity contribution in [3.8, 4) is 11.3 Å². The fourth-order valence-corrected chi connectivity index (χ4v) is 2.46. The molecule has 2 unspecified atom stereocenters. The van der Waals surface area contributed by atoms with Crippen LogP contribution in [0.5, 0.6) is 0 Å². The van der Waals surface area contributed by atoms with Crippen molar-refractivity contribution in [3.63, 3.8) is 0 Å². The van der Waals surface area contributed by atoms with Crippen LogP contribution in [0.15, 0.2) is 35.1 Å². The van der Waals surface area contributed by atoms with E-state index in [4.69, 9.17) is 15.9 Å². The minimum atomic E-state index is -1.22. The van der Waals surface area contributed by atoms with Crippen LogP contribution in [0.4, 0.5) is 5.69 Å². The number of hydrogen-bond donors (Lipinski definition) is 6. The second-order valence-corrected chi connectivity index (χ2v) is 6.86. The zero-order chi connectivity index (χ0) is 25.7. The molecule has 16 heteroatoms. The lowest BCUT2D eigenvalue weighted by Gasteiger charge is -2.16. The summed E-state index contributed by atoms with van der Waals surface area (Å²) in [6.07, 6.45) is 1.21. The standard InChI is InChI=1S/C10H17N3O6S.C8H5N3O3/c11-5(10(18)19)1-2-7(14)13-6(4-20)9(17)12-3-8(15)16;12-11(13)7-3-1-6(2-4-7)8-5-9-14-10-8/h5-6,20H,1-4,11H2,(H,12,17)(H,13,14)(H,15,16)(H,18,19);1-5H. The molecule has 0 aliphatic heterocycles. The summed E-state index contributed by atoms with van der Waals surface area (Å²) < 4.78 is 4.41. The van der Waals surface area contributed by atoms with Crippen molar-refractivity contribution in [3.05, 3.63) is 40.6 Å². The molecule has 1 aromatic carbocycles. The number of thiol groups is 1. The number of benzene rings is 1. The molecule has 2 rings (SSSR count). The third-order valence-corrected chi connectivity index (χ3v) is 4.35. The number of aliphatic carboxylic acids is 2. The number of nitro benzene ring substituents is 1. The normalized spacial score (nSPS) is 11.8. The molecule has 1 aromatic heterocycles. The van der Waals surface area contributed by atoms with Gasteiger partial charge in [0.1, 0.15) is 24.3 Å². The van der Waals surface area contributed by atoms with E-state index >= 15 is 0 Å². The second kappa shape index (κ2) is 14.2. The zero-order valence-electron chi connectivity index (χ0n) is 17.5. The molecule has 2 aromatic rings. The largest absolute Gasteiger partial charge is 0.480 e.